The van der Waals surface area contributed by atoms with E-state index in [-0.39, 0.29) is 5.78 Å². The minimum atomic E-state index is 0.0899. The van der Waals surface area contributed by atoms with E-state index in [0.29, 0.717) is 16.7 Å². The number of aromatic nitrogens is 4. The van der Waals surface area contributed by atoms with Gasteiger partial charge in [0.25, 0.3) is 5.78 Å². The van der Waals surface area contributed by atoms with Gasteiger partial charge in [-0.1, -0.05) is 43.0 Å². The third kappa shape index (κ3) is 3.27. The van der Waals surface area contributed by atoms with Crippen molar-refractivity contribution in [3.8, 4) is 0 Å². The van der Waals surface area contributed by atoms with Gasteiger partial charge in [-0.15, -0.1) is 10.2 Å². The Hall–Kier alpha value is -2.21. The summed E-state index contributed by atoms with van der Waals surface area (Å²) in [6.07, 6.45) is 0.973. The maximum absolute atomic E-state index is 12.3. The highest BCUT2D eigenvalue weighted by atomic mass is 32.2. The van der Waals surface area contributed by atoms with Crippen LogP contribution in [0.5, 0.6) is 0 Å². The predicted octanol–water partition coefficient (Wildman–Crippen LogP) is 3.28. The van der Waals surface area contributed by atoms with Crippen LogP contribution in [0.1, 0.15) is 34.2 Å². The molecule has 0 atom stereocenters. The van der Waals surface area contributed by atoms with Crippen LogP contribution in [0.2, 0.25) is 0 Å². The van der Waals surface area contributed by atoms with Crippen LogP contribution >= 0.6 is 11.8 Å². The Morgan fingerprint density at radius 1 is 1.17 bits per heavy atom. The minimum Gasteiger partial charge on any atom is -0.293 e. The average Bonchev–Trinajstić information content (AvgIpc) is 2.95. The van der Waals surface area contributed by atoms with Crippen molar-refractivity contribution in [1.82, 2.24) is 19.6 Å². The Morgan fingerprint density at radius 2 is 1.91 bits per heavy atom. The first-order valence-electron chi connectivity index (χ1n) is 7.53. The van der Waals surface area contributed by atoms with Crippen molar-refractivity contribution in [2.75, 3.05) is 5.75 Å². The van der Waals surface area contributed by atoms with Gasteiger partial charge in [0.05, 0.1) is 5.75 Å². The SMILES string of the molecule is CCc1ccc(C(=O)CSc2nnc3nc(C)cc(C)n23)cc1. The van der Waals surface area contributed by atoms with Crippen molar-refractivity contribution in [2.45, 2.75) is 32.3 Å². The number of carbonyl (C=O) groups excluding carboxylic acids is 1. The molecule has 0 radical (unpaired) electrons. The molecule has 0 unspecified atom stereocenters. The van der Waals surface area contributed by atoms with Crippen molar-refractivity contribution < 1.29 is 4.79 Å². The second kappa shape index (κ2) is 6.50. The van der Waals surface area contributed by atoms with Gasteiger partial charge in [-0.25, -0.2) is 4.98 Å². The molecule has 6 heteroatoms. The quantitative estimate of drug-likeness (QED) is 0.532. The standard InChI is InChI=1S/C17H18N4OS/c1-4-13-5-7-14(8-6-13)15(22)10-23-17-20-19-16-18-11(2)9-12(3)21(16)17/h5-9H,4,10H2,1-3H3. The molecule has 3 rings (SSSR count). The number of aryl methyl sites for hydroxylation is 3. The third-order valence-electron chi connectivity index (χ3n) is 3.68. The molecule has 0 aliphatic carbocycles. The van der Waals surface area contributed by atoms with E-state index in [1.54, 1.807) is 0 Å². The van der Waals surface area contributed by atoms with Gasteiger partial charge < -0.3 is 0 Å². The lowest BCUT2D eigenvalue weighted by molar-refractivity contribution is 0.102. The Balaban J connectivity index is 1.76. The van der Waals surface area contributed by atoms with Crippen LogP contribution in [0, 0.1) is 13.8 Å². The number of ketones is 1. The van der Waals surface area contributed by atoms with Gasteiger partial charge in [-0.2, -0.15) is 0 Å². The molecule has 0 fully saturated rings. The normalized spacial score (nSPS) is 11.1. The van der Waals surface area contributed by atoms with E-state index < -0.39 is 0 Å². The summed E-state index contributed by atoms with van der Waals surface area (Å²) < 4.78 is 1.88. The van der Waals surface area contributed by atoms with Crippen molar-refractivity contribution in [3.63, 3.8) is 0 Å². The van der Waals surface area contributed by atoms with E-state index in [1.165, 1.54) is 17.3 Å². The van der Waals surface area contributed by atoms with E-state index in [1.807, 2.05) is 48.6 Å². The molecule has 0 aliphatic rings. The van der Waals surface area contributed by atoms with Crippen LogP contribution < -0.4 is 0 Å². The molecule has 3 aromatic rings. The van der Waals surface area contributed by atoms with E-state index >= 15 is 0 Å². The Bertz CT molecular complexity index is 855. The van der Waals surface area contributed by atoms with Crippen LogP contribution in [-0.4, -0.2) is 31.1 Å². The van der Waals surface area contributed by atoms with E-state index in [4.69, 9.17) is 0 Å². The lowest BCUT2D eigenvalue weighted by Crippen LogP contribution is -2.04. The van der Waals surface area contributed by atoms with Gasteiger partial charge in [-0.3, -0.25) is 9.20 Å². The van der Waals surface area contributed by atoms with Gasteiger partial charge in [0.2, 0.25) is 0 Å². The number of hydrogen-bond acceptors (Lipinski definition) is 5. The van der Waals surface area contributed by atoms with Crippen molar-refractivity contribution in [2.24, 2.45) is 0 Å². The number of hydrogen-bond donors (Lipinski definition) is 0. The maximum Gasteiger partial charge on any atom is 0.256 e. The van der Waals surface area contributed by atoms with Crippen molar-refractivity contribution in [3.05, 3.63) is 52.8 Å². The Morgan fingerprint density at radius 3 is 2.61 bits per heavy atom. The molecule has 0 saturated heterocycles. The fraction of sp³-hybridized carbons (Fsp3) is 0.294. The van der Waals surface area contributed by atoms with Gasteiger partial charge in [-0.05, 0) is 31.9 Å². The summed E-state index contributed by atoms with van der Waals surface area (Å²) in [5, 5.41) is 8.93. The lowest BCUT2D eigenvalue weighted by Gasteiger charge is -2.04. The van der Waals surface area contributed by atoms with E-state index in [0.717, 1.165) is 23.4 Å². The first kappa shape index (κ1) is 15.7. The number of fused-ring (bicyclic) bond motifs is 1. The number of Topliss-reactive ketones (excluding diaryl/α,β-unsaturated/α-hetero) is 1. The fourth-order valence-electron chi connectivity index (χ4n) is 2.43. The van der Waals surface area contributed by atoms with Gasteiger partial charge >= 0.3 is 0 Å². The highest BCUT2D eigenvalue weighted by Gasteiger charge is 2.13. The molecule has 0 saturated carbocycles. The summed E-state index contributed by atoms with van der Waals surface area (Å²) >= 11 is 1.39. The van der Waals surface area contributed by atoms with Crippen LogP contribution in [-0.2, 0) is 6.42 Å². The summed E-state index contributed by atoms with van der Waals surface area (Å²) in [6, 6.07) is 9.76. The summed E-state index contributed by atoms with van der Waals surface area (Å²) in [6.45, 7) is 6.01. The molecule has 0 spiro atoms. The zero-order chi connectivity index (χ0) is 16.4. The number of benzene rings is 1. The molecule has 2 heterocycles. The van der Waals surface area contributed by atoms with Crippen LogP contribution in [0.25, 0.3) is 5.78 Å². The van der Waals surface area contributed by atoms with Crippen LogP contribution in [0.15, 0.2) is 35.5 Å². The first-order chi connectivity index (χ1) is 11.1. The Labute approximate surface area is 139 Å². The third-order valence-corrected chi connectivity index (χ3v) is 4.61. The van der Waals surface area contributed by atoms with E-state index in [2.05, 4.69) is 22.1 Å². The zero-order valence-corrected chi connectivity index (χ0v) is 14.2. The monoisotopic (exact) mass is 326 g/mol. The molecule has 5 nitrogen and oxygen atoms in total. The fourth-order valence-corrected chi connectivity index (χ4v) is 3.31. The maximum atomic E-state index is 12.3. The molecule has 23 heavy (non-hydrogen) atoms. The second-order valence-corrected chi connectivity index (χ2v) is 6.36. The summed E-state index contributed by atoms with van der Waals surface area (Å²) in [5.74, 6) is 0.997. The molecule has 2 aromatic heterocycles. The summed E-state index contributed by atoms with van der Waals surface area (Å²) in [7, 11) is 0. The smallest absolute Gasteiger partial charge is 0.256 e. The van der Waals surface area contributed by atoms with Gasteiger partial charge in [0.15, 0.2) is 10.9 Å². The topological polar surface area (TPSA) is 60.2 Å². The molecule has 0 N–H and O–H groups in total. The summed E-state index contributed by atoms with van der Waals surface area (Å²) in [4.78, 5) is 16.7. The first-order valence-corrected chi connectivity index (χ1v) is 8.51. The van der Waals surface area contributed by atoms with Crippen molar-refractivity contribution >= 4 is 23.3 Å². The van der Waals surface area contributed by atoms with Crippen LogP contribution in [0.3, 0.4) is 0 Å². The molecule has 118 valence electrons. The lowest BCUT2D eigenvalue weighted by atomic mass is 10.1. The number of nitrogens with zero attached hydrogens (tertiary/aromatic N) is 4. The molecular formula is C17H18N4OS. The molecule has 0 aliphatic heterocycles. The second-order valence-electron chi connectivity index (χ2n) is 5.42. The molecular weight excluding hydrogens is 308 g/mol. The molecule has 0 bridgehead atoms. The number of rotatable bonds is 5. The summed E-state index contributed by atoms with van der Waals surface area (Å²) in [5.41, 5.74) is 3.88. The van der Waals surface area contributed by atoms with Crippen LogP contribution in [0.4, 0.5) is 0 Å². The highest BCUT2D eigenvalue weighted by Crippen LogP contribution is 2.20. The number of thioether (sulfide) groups is 1. The van der Waals surface area contributed by atoms with E-state index in [9.17, 15) is 4.79 Å². The van der Waals surface area contributed by atoms with Gasteiger partial charge in [0, 0.05) is 17.0 Å². The highest BCUT2D eigenvalue weighted by molar-refractivity contribution is 7.99. The predicted molar refractivity (Wildman–Crippen MR) is 91.1 cm³/mol. The molecule has 1 aromatic carbocycles. The Kier molecular flexibility index (Phi) is 4.43. The van der Waals surface area contributed by atoms with Crippen molar-refractivity contribution in [1.29, 1.82) is 0 Å². The largest absolute Gasteiger partial charge is 0.293 e. The minimum absolute atomic E-state index is 0.0899. The van der Waals surface area contributed by atoms with Gasteiger partial charge in [0.1, 0.15) is 0 Å². The number of carbonyl (C=O) groups is 1. The molecule has 0 amide bonds. The zero-order valence-electron chi connectivity index (χ0n) is 13.4. The average molecular weight is 326 g/mol.